The summed E-state index contributed by atoms with van der Waals surface area (Å²) < 4.78 is 9.65. The average molecular weight is 319 g/mol. The van der Waals surface area contributed by atoms with Gasteiger partial charge in [-0.2, -0.15) is 0 Å². The standard InChI is InChI=1S/C16H21N3O4/c1-6-17-11(2)12(3)19-23-14-8-7-9-18-15(14)13(10-21-4)16(20)22-5/h7-10H,6H2,1-5H3/b13-10-,17-11?,19-12+. The van der Waals surface area contributed by atoms with Crippen LogP contribution in [-0.4, -0.2) is 43.1 Å². The van der Waals surface area contributed by atoms with Crippen LogP contribution in [-0.2, 0) is 14.3 Å². The van der Waals surface area contributed by atoms with Gasteiger partial charge >= 0.3 is 5.97 Å². The topological polar surface area (TPSA) is 82.4 Å². The molecule has 124 valence electrons. The maximum absolute atomic E-state index is 11.9. The summed E-state index contributed by atoms with van der Waals surface area (Å²) >= 11 is 0. The molecule has 0 aliphatic heterocycles. The van der Waals surface area contributed by atoms with E-state index in [-0.39, 0.29) is 11.3 Å². The van der Waals surface area contributed by atoms with E-state index in [4.69, 9.17) is 14.3 Å². The van der Waals surface area contributed by atoms with Crippen LogP contribution in [0.1, 0.15) is 26.5 Å². The molecule has 1 aromatic rings. The van der Waals surface area contributed by atoms with Gasteiger partial charge in [0.2, 0.25) is 0 Å². The molecule has 0 fully saturated rings. The van der Waals surface area contributed by atoms with E-state index < -0.39 is 5.97 Å². The Kier molecular flexibility index (Phi) is 7.45. The van der Waals surface area contributed by atoms with Crippen molar-refractivity contribution in [2.75, 3.05) is 20.8 Å². The smallest absolute Gasteiger partial charge is 0.343 e. The van der Waals surface area contributed by atoms with Gasteiger partial charge in [-0.05, 0) is 32.9 Å². The van der Waals surface area contributed by atoms with Crippen LogP contribution in [0, 0.1) is 0 Å². The number of hydrogen-bond donors (Lipinski definition) is 0. The quantitative estimate of drug-likeness (QED) is 0.253. The van der Waals surface area contributed by atoms with Gasteiger partial charge in [-0.1, -0.05) is 5.16 Å². The van der Waals surface area contributed by atoms with Gasteiger partial charge in [0.1, 0.15) is 11.3 Å². The largest absolute Gasteiger partial charge is 0.503 e. The highest BCUT2D eigenvalue weighted by molar-refractivity contribution is 6.40. The summed E-state index contributed by atoms with van der Waals surface area (Å²) in [5, 5.41) is 4.03. The summed E-state index contributed by atoms with van der Waals surface area (Å²) in [6.07, 6.45) is 2.79. The zero-order chi connectivity index (χ0) is 17.2. The molecule has 1 aromatic heterocycles. The molecule has 7 nitrogen and oxygen atoms in total. The molecule has 1 heterocycles. The lowest BCUT2D eigenvalue weighted by molar-refractivity contribution is -0.133. The Bertz CT molecular complexity index is 636. The van der Waals surface area contributed by atoms with Gasteiger partial charge in [0.15, 0.2) is 5.75 Å². The summed E-state index contributed by atoms with van der Waals surface area (Å²) in [5.74, 6) is -0.273. The van der Waals surface area contributed by atoms with E-state index in [2.05, 4.69) is 15.1 Å². The van der Waals surface area contributed by atoms with E-state index >= 15 is 0 Å². The second-order valence-corrected chi connectivity index (χ2v) is 4.44. The highest BCUT2D eigenvalue weighted by atomic mass is 16.6. The van der Waals surface area contributed by atoms with Crippen LogP contribution >= 0.6 is 0 Å². The van der Waals surface area contributed by atoms with Crippen molar-refractivity contribution < 1.29 is 19.1 Å². The molecule has 0 aromatic carbocycles. The fourth-order valence-corrected chi connectivity index (χ4v) is 1.63. The van der Waals surface area contributed by atoms with Crippen LogP contribution in [0.5, 0.6) is 5.75 Å². The summed E-state index contributed by atoms with van der Waals surface area (Å²) in [6, 6.07) is 3.33. The van der Waals surface area contributed by atoms with E-state index in [0.717, 1.165) is 5.71 Å². The first-order valence-electron chi connectivity index (χ1n) is 7.04. The van der Waals surface area contributed by atoms with Gasteiger partial charge in [0, 0.05) is 12.7 Å². The van der Waals surface area contributed by atoms with Crippen molar-refractivity contribution >= 4 is 23.0 Å². The van der Waals surface area contributed by atoms with Crippen molar-refractivity contribution in [2.24, 2.45) is 10.1 Å². The Morgan fingerprint density at radius 3 is 2.65 bits per heavy atom. The van der Waals surface area contributed by atoms with Crippen molar-refractivity contribution in [3.63, 3.8) is 0 Å². The van der Waals surface area contributed by atoms with Crippen LogP contribution in [0.15, 0.2) is 34.7 Å². The number of carbonyl (C=O) groups excluding carboxylic acids is 1. The first-order chi connectivity index (χ1) is 11.0. The van der Waals surface area contributed by atoms with E-state index in [1.54, 1.807) is 19.1 Å². The molecule has 23 heavy (non-hydrogen) atoms. The molecule has 0 aliphatic carbocycles. The number of hydrogen-bond acceptors (Lipinski definition) is 7. The van der Waals surface area contributed by atoms with E-state index in [0.29, 0.717) is 18.0 Å². The number of ether oxygens (including phenoxy) is 2. The van der Waals surface area contributed by atoms with Gasteiger partial charge in [0.05, 0.1) is 31.9 Å². The number of nitrogens with zero attached hydrogens (tertiary/aromatic N) is 3. The minimum absolute atomic E-state index is 0.136. The molecule has 0 amide bonds. The summed E-state index contributed by atoms with van der Waals surface area (Å²) in [6.45, 7) is 6.24. The monoisotopic (exact) mass is 319 g/mol. The Hall–Kier alpha value is -2.70. The minimum atomic E-state index is -0.583. The predicted octanol–water partition coefficient (Wildman–Crippen LogP) is 2.48. The lowest BCUT2D eigenvalue weighted by Crippen LogP contribution is -2.10. The van der Waals surface area contributed by atoms with Gasteiger partial charge < -0.3 is 14.3 Å². The maximum atomic E-state index is 11.9. The van der Waals surface area contributed by atoms with Crippen LogP contribution in [0.4, 0.5) is 0 Å². The fourth-order valence-electron chi connectivity index (χ4n) is 1.63. The number of aromatic nitrogens is 1. The Morgan fingerprint density at radius 2 is 2.04 bits per heavy atom. The van der Waals surface area contributed by atoms with Crippen LogP contribution < -0.4 is 4.84 Å². The number of esters is 1. The lowest BCUT2D eigenvalue weighted by Gasteiger charge is -2.09. The molecule has 0 unspecified atom stereocenters. The van der Waals surface area contributed by atoms with Crippen LogP contribution in [0.25, 0.3) is 5.57 Å². The molecule has 7 heteroatoms. The zero-order valence-corrected chi connectivity index (χ0v) is 14.0. The zero-order valence-electron chi connectivity index (χ0n) is 14.0. The van der Waals surface area contributed by atoms with Gasteiger partial charge in [-0.25, -0.2) is 4.79 Å². The normalized spacial score (nSPS) is 12.8. The molecule has 0 aliphatic rings. The average Bonchev–Trinajstić information content (AvgIpc) is 2.57. The molecule has 0 radical (unpaired) electrons. The van der Waals surface area contributed by atoms with Gasteiger partial charge in [0.25, 0.3) is 0 Å². The van der Waals surface area contributed by atoms with Crippen molar-refractivity contribution in [1.29, 1.82) is 0 Å². The molecule has 0 atom stereocenters. The second kappa shape index (κ2) is 9.34. The first kappa shape index (κ1) is 18.3. The first-order valence-corrected chi connectivity index (χ1v) is 7.04. The molecule has 0 saturated heterocycles. The number of rotatable bonds is 7. The van der Waals surface area contributed by atoms with Crippen molar-refractivity contribution in [3.8, 4) is 5.75 Å². The van der Waals surface area contributed by atoms with Crippen molar-refractivity contribution in [3.05, 3.63) is 30.3 Å². The highest BCUT2D eigenvalue weighted by Gasteiger charge is 2.19. The SMILES string of the molecule is CCN=C(C)/C(C)=N/Oc1cccnc1/C(=C/OC)C(=O)OC. The molecule has 0 N–H and O–H groups in total. The van der Waals surface area contributed by atoms with Gasteiger partial charge in [-0.3, -0.25) is 9.98 Å². The van der Waals surface area contributed by atoms with E-state index in [1.807, 2.05) is 13.8 Å². The van der Waals surface area contributed by atoms with Crippen LogP contribution in [0.2, 0.25) is 0 Å². The molecular formula is C16H21N3O4. The number of carbonyl (C=O) groups is 1. The number of methoxy groups -OCH3 is 2. The molecule has 0 spiro atoms. The third-order valence-electron chi connectivity index (χ3n) is 2.87. The van der Waals surface area contributed by atoms with E-state index in [1.165, 1.54) is 26.7 Å². The van der Waals surface area contributed by atoms with Gasteiger partial charge in [-0.15, -0.1) is 0 Å². The molecule has 0 saturated carbocycles. The number of aliphatic imine (C=N–C) groups is 1. The molecule has 1 rings (SSSR count). The Balaban J connectivity index is 3.15. The predicted molar refractivity (Wildman–Crippen MR) is 88.6 cm³/mol. The Labute approximate surface area is 135 Å². The summed E-state index contributed by atoms with van der Waals surface area (Å²) in [7, 11) is 2.71. The highest BCUT2D eigenvalue weighted by Crippen LogP contribution is 2.25. The van der Waals surface area contributed by atoms with Crippen molar-refractivity contribution in [2.45, 2.75) is 20.8 Å². The maximum Gasteiger partial charge on any atom is 0.343 e. The van der Waals surface area contributed by atoms with E-state index in [9.17, 15) is 4.79 Å². The number of pyridine rings is 1. The third kappa shape index (κ3) is 5.21. The summed E-state index contributed by atoms with van der Waals surface area (Å²) in [4.78, 5) is 25.7. The van der Waals surface area contributed by atoms with Crippen molar-refractivity contribution in [1.82, 2.24) is 4.98 Å². The third-order valence-corrected chi connectivity index (χ3v) is 2.87. The minimum Gasteiger partial charge on any atom is -0.503 e. The second-order valence-electron chi connectivity index (χ2n) is 4.44. The summed E-state index contributed by atoms with van der Waals surface area (Å²) in [5.41, 5.74) is 1.83. The lowest BCUT2D eigenvalue weighted by atomic mass is 10.2. The van der Waals surface area contributed by atoms with Crippen LogP contribution in [0.3, 0.4) is 0 Å². The fraction of sp³-hybridized carbons (Fsp3) is 0.375. The Morgan fingerprint density at radius 1 is 1.30 bits per heavy atom. The molecular weight excluding hydrogens is 298 g/mol. The number of oxime groups is 1. The molecule has 0 bridgehead atoms.